The standard InChI is InChI=1S/C15H20F3N3O/c1-20(11-14(22)21-8-6-19-7-9-21)10-12-2-4-13(5-3-12)15(16,17)18/h2-5,19H,6-11H2,1H3. The van der Waals surface area contributed by atoms with Gasteiger partial charge >= 0.3 is 6.18 Å². The van der Waals surface area contributed by atoms with Crippen LogP contribution in [0, 0.1) is 0 Å². The summed E-state index contributed by atoms with van der Waals surface area (Å²) in [4.78, 5) is 15.7. The van der Waals surface area contributed by atoms with E-state index in [1.807, 2.05) is 4.90 Å². The van der Waals surface area contributed by atoms with Crippen molar-refractivity contribution in [3.8, 4) is 0 Å². The van der Waals surface area contributed by atoms with Crippen molar-refractivity contribution in [1.82, 2.24) is 15.1 Å². The third-order valence-electron chi connectivity index (χ3n) is 3.61. The fourth-order valence-corrected chi connectivity index (χ4v) is 2.41. The van der Waals surface area contributed by atoms with Crippen LogP contribution in [0.2, 0.25) is 0 Å². The average molecular weight is 315 g/mol. The highest BCUT2D eigenvalue weighted by Crippen LogP contribution is 2.29. The van der Waals surface area contributed by atoms with Gasteiger partial charge in [0, 0.05) is 32.7 Å². The number of piperazine rings is 1. The van der Waals surface area contributed by atoms with E-state index in [0.29, 0.717) is 19.6 Å². The number of halogens is 3. The number of alkyl halides is 3. The van der Waals surface area contributed by atoms with Gasteiger partial charge in [0.1, 0.15) is 0 Å². The molecule has 1 fully saturated rings. The zero-order valence-corrected chi connectivity index (χ0v) is 12.5. The van der Waals surface area contributed by atoms with Gasteiger partial charge in [0.15, 0.2) is 0 Å². The van der Waals surface area contributed by atoms with Gasteiger partial charge in [0.05, 0.1) is 12.1 Å². The van der Waals surface area contributed by atoms with Gasteiger partial charge in [0.2, 0.25) is 5.91 Å². The number of hydrogen-bond donors (Lipinski definition) is 1. The molecule has 1 aliphatic rings. The van der Waals surface area contributed by atoms with Crippen molar-refractivity contribution in [2.75, 3.05) is 39.8 Å². The lowest BCUT2D eigenvalue weighted by Crippen LogP contribution is -2.49. The van der Waals surface area contributed by atoms with E-state index in [-0.39, 0.29) is 12.5 Å². The SMILES string of the molecule is CN(CC(=O)N1CCNCC1)Cc1ccc(C(F)(F)F)cc1. The third-order valence-corrected chi connectivity index (χ3v) is 3.61. The van der Waals surface area contributed by atoms with E-state index >= 15 is 0 Å². The molecule has 0 radical (unpaired) electrons. The van der Waals surface area contributed by atoms with Crippen LogP contribution in [0.1, 0.15) is 11.1 Å². The largest absolute Gasteiger partial charge is 0.416 e. The first-order chi connectivity index (χ1) is 10.4. The Kier molecular flexibility index (Phi) is 5.42. The highest BCUT2D eigenvalue weighted by Gasteiger charge is 2.30. The molecule has 1 amide bonds. The maximum Gasteiger partial charge on any atom is 0.416 e. The molecule has 1 aromatic rings. The van der Waals surface area contributed by atoms with Crippen LogP contribution in [-0.4, -0.2) is 55.5 Å². The molecule has 4 nitrogen and oxygen atoms in total. The number of carbonyl (C=O) groups excluding carboxylic acids is 1. The minimum atomic E-state index is -4.32. The summed E-state index contributed by atoms with van der Waals surface area (Å²) in [5, 5.41) is 3.18. The van der Waals surface area contributed by atoms with Gasteiger partial charge in [-0.05, 0) is 24.7 Å². The lowest BCUT2D eigenvalue weighted by atomic mass is 10.1. The van der Waals surface area contributed by atoms with Crippen molar-refractivity contribution in [2.24, 2.45) is 0 Å². The monoisotopic (exact) mass is 315 g/mol. The molecule has 0 aromatic heterocycles. The first kappa shape index (κ1) is 16.8. The van der Waals surface area contributed by atoms with E-state index in [2.05, 4.69) is 5.32 Å². The van der Waals surface area contributed by atoms with Gasteiger partial charge in [-0.1, -0.05) is 12.1 Å². The lowest BCUT2D eigenvalue weighted by Gasteiger charge is -2.29. The average Bonchev–Trinajstić information content (AvgIpc) is 2.47. The summed E-state index contributed by atoms with van der Waals surface area (Å²) in [6.07, 6.45) is -4.32. The Bertz CT molecular complexity index is 496. The van der Waals surface area contributed by atoms with E-state index < -0.39 is 11.7 Å². The summed E-state index contributed by atoms with van der Waals surface area (Å²) in [7, 11) is 1.79. The fourth-order valence-electron chi connectivity index (χ4n) is 2.41. The first-order valence-corrected chi connectivity index (χ1v) is 7.19. The second kappa shape index (κ2) is 7.11. The molecule has 0 unspecified atom stereocenters. The summed E-state index contributed by atoms with van der Waals surface area (Å²) in [6.45, 7) is 3.71. The molecule has 0 saturated carbocycles. The minimum absolute atomic E-state index is 0.0518. The van der Waals surface area contributed by atoms with Crippen molar-refractivity contribution in [1.29, 1.82) is 0 Å². The number of likely N-dealkylation sites (N-methyl/N-ethyl adjacent to an activating group) is 1. The van der Waals surface area contributed by atoms with Crippen molar-refractivity contribution < 1.29 is 18.0 Å². The molecule has 0 aliphatic carbocycles. The Morgan fingerprint density at radius 1 is 1.23 bits per heavy atom. The molecule has 0 bridgehead atoms. The molecule has 1 aliphatic heterocycles. The van der Waals surface area contributed by atoms with Gasteiger partial charge < -0.3 is 10.2 Å². The number of rotatable bonds is 4. The van der Waals surface area contributed by atoms with Crippen molar-refractivity contribution in [3.05, 3.63) is 35.4 Å². The van der Waals surface area contributed by atoms with Crippen molar-refractivity contribution in [3.63, 3.8) is 0 Å². The Labute approximate surface area is 127 Å². The second-order valence-electron chi connectivity index (χ2n) is 5.50. The maximum absolute atomic E-state index is 12.5. The highest BCUT2D eigenvalue weighted by atomic mass is 19.4. The molecule has 2 rings (SSSR count). The Balaban J connectivity index is 1.86. The molecule has 1 heterocycles. The normalized spacial score (nSPS) is 16.1. The van der Waals surface area contributed by atoms with Crippen LogP contribution in [0.4, 0.5) is 13.2 Å². The highest BCUT2D eigenvalue weighted by molar-refractivity contribution is 5.78. The molecule has 22 heavy (non-hydrogen) atoms. The number of benzene rings is 1. The van der Waals surface area contributed by atoms with Crippen LogP contribution in [0.25, 0.3) is 0 Å². The fraction of sp³-hybridized carbons (Fsp3) is 0.533. The summed E-state index contributed by atoms with van der Waals surface area (Å²) < 4.78 is 37.5. The van der Waals surface area contributed by atoms with Crippen LogP contribution in [-0.2, 0) is 17.5 Å². The van der Waals surface area contributed by atoms with E-state index in [1.165, 1.54) is 12.1 Å². The van der Waals surface area contributed by atoms with E-state index in [0.717, 1.165) is 30.8 Å². The van der Waals surface area contributed by atoms with Gasteiger partial charge in [-0.25, -0.2) is 0 Å². The molecule has 0 atom stereocenters. The topological polar surface area (TPSA) is 35.6 Å². The van der Waals surface area contributed by atoms with E-state index in [9.17, 15) is 18.0 Å². The number of nitrogens with zero attached hydrogens (tertiary/aromatic N) is 2. The molecule has 7 heteroatoms. The number of amides is 1. The number of hydrogen-bond acceptors (Lipinski definition) is 3. The minimum Gasteiger partial charge on any atom is -0.339 e. The molecule has 1 saturated heterocycles. The van der Waals surface area contributed by atoms with Crippen LogP contribution < -0.4 is 5.32 Å². The van der Waals surface area contributed by atoms with Crippen molar-refractivity contribution in [2.45, 2.75) is 12.7 Å². The Hall–Kier alpha value is -1.60. The maximum atomic E-state index is 12.5. The summed E-state index contributed by atoms with van der Waals surface area (Å²) >= 11 is 0. The summed E-state index contributed by atoms with van der Waals surface area (Å²) in [6, 6.07) is 5.05. The third kappa shape index (κ3) is 4.71. The van der Waals surface area contributed by atoms with Crippen molar-refractivity contribution >= 4 is 5.91 Å². The molecule has 1 aromatic carbocycles. The molecule has 1 N–H and O–H groups in total. The lowest BCUT2D eigenvalue weighted by molar-refractivity contribution is -0.137. The second-order valence-corrected chi connectivity index (χ2v) is 5.50. The quantitative estimate of drug-likeness (QED) is 0.916. The Morgan fingerprint density at radius 2 is 1.82 bits per heavy atom. The van der Waals surface area contributed by atoms with Crippen LogP contribution in [0.3, 0.4) is 0 Å². The zero-order valence-electron chi connectivity index (χ0n) is 12.5. The molecular weight excluding hydrogens is 295 g/mol. The smallest absolute Gasteiger partial charge is 0.339 e. The predicted molar refractivity (Wildman–Crippen MR) is 77.2 cm³/mol. The van der Waals surface area contributed by atoms with Gasteiger partial charge in [-0.15, -0.1) is 0 Å². The van der Waals surface area contributed by atoms with Crippen LogP contribution in [0.15, 0.2) is 24.3 Å². The molecular formula is C15H20F3N3O. The predicted octanol–water partition coefficient (Wildman–Crippen LogP) is 1.57. The molecule has 122 valence electrons. The summed E-state index contributed by atoms with van der Waals surface area (Å²) in [5.74, 6) is 0.0518. The van der Waals surface area contributed by atoms with Crippen LogP contribution in [0.5, 0.6) is 0 Å². The zero-order chi connectivity index (χ0) is 16.2. The van der Waals surface area contributed by atoms with E-state index in [1.54, 1.807) is 11.9 Å². The van der Waals surface area contributed by atoms with E-state index in [4.69, 9.17) is 0 Å². The van der Waals surface area contributed by atoms with Gasteiger partial charge in [-0.3, -0.25) is 9.69 Å². The van der Waals surface area contributed by atoms with Crippen LogP contribution >= 0.6 is 0 Å². The van der Waals surface area contributed by atoms with Gasteiger partial charge in [0.25, 0.3) is 0 Å². The number of nitrogens with one attached hydrogen (secondary N) is 1. The van der Waals surface area contributed by atoms with Gasteiger partial charge in [-0.2, -0.15) is 13.2 Å². The first-order valence-electron chi connectivity index (χ1n) is 7.19. The number of carbonyl (C=O) groups is 1. The molecule has 0 spiro atoms. The summed E-state index contributed by atoms with van der Waals surface area (Å²) in [5.41, 5.74) is 0.0967. The Morgan fingerprint density at radius 3 is 2.36 bits per heavy atom.